The maximum absolute atomic E-state index is 5.01. The van der Waals surface area contributed by atoms with Crippen LogP contribution in [0.4, 0.5) is 23.0 Å². The van der Waals surface area contributed by atoms with E-state index in [9.17, 15) is 0 Å². The molecular weight excluding hydrogens is 412 g/mol. The Kier molecular flexibility index (Phi) is 5.17. The van der Waals surface area contributed by atoms with Crippen molar-refractivity contribution in [2.75, 3.05) is 41.7 Å². The van der Waals surface area contributed by atoms with Gasteiger partial charge in [-0.05, 0) is 70.3 Å². The Bertz CT molecular complexity index is 1200. The van der Waals surface area contributed by atoms with Crippen LogP contribution in [0.5, 0.6) is 0 Å². The fraction of sp³-hybridized carbons (Fsp3) is 0.480. The monoisotopic (exact) mass is 444 g/mol. The molecular formula is C25H32N8. The molecule has 0 amide bonds. The van der Waals surface area contributed by atoms with Gasteiger partial charge in [0.05, 0.1) is 23.1 Å². The van der Waals surface area contributed by atoms with Crippen LogP contribution in [0.1, 0.15) is 43.9 Å². The molecule has 1 aromatic carbocycles. The van der Waals surface area contributed by atoms with E-state index in [1.54, 1.807) is 0 Å². The Hall–Kier alpha value is -3.13. The molecule has 0 radical (unpaired) electrons. The summed E-state index contributed by atoms with van der Waals surface area (Å²) in [6.07, 6.45) is 4.68. The first-order valence-electron chi connectivity index (χ1n) is 12.2. The highest BCUT2D eigenvalue weighted by Crippen LogP contribution is 2.32. The first-order chi connectivity index (χ1) is 16.1. The lowest BCUT2D eigenvalue weighted by Gasteiger charge is -2.26. The number of piperidine rings is 1. The Labute approximate surface area is 194 Å². The molecule has 5 heterocycles. The molecule has 3 aliphatic rings. The summed E-state index contributed by atoms with van der Waals surface area (Å²) in [5, 5.41) is 15.8. The van der Waals surface area contributed by atoms with Crippen molar-refractivity contribution in [3.63, 3.8) is 0 Å². The van der Waals surface area contributed by atoms with Gasteiger partial charge in [0.15, 0.2) is 5.65 Å². The van der Waals surface area contributed by atoms with E-state index < -0.39 is 0 Å². The third-order valence-electron chi connectivity index (χ3n) is 6.97. The van der Waals surface area contributed by atoms with Gasteiger partial charge in [-0.2, -0.15) is 9.61 Å². The number of aryl methyl sites for hydroxylation is 1. The molecule has 8 heteroatoms. The molecule has 0 aliphatic carbocycles. The average Bonchev–Trinajstić information content (AvgIpc) is 3.50. The zero-order valence-electron chi connectivity index (χ0n) is 19.4. The second kappa shape index (κ2) is 8.33. The van der Waals surface area contributed by atoms with Crippen LogP contribution >= 0.6 is 0 Å². The van der Waals surface area contributed by atoms with Crippen molar-refractivity contribution in [3.8, 4) is 0 Å². The van der Waals surface area contributed by atoms with Crippen molar-refractivity contribution in [3.05, 3.63) is 41.6 Å². The van der Waals surface area contributed by atoms with Gasteiger partial charge in [-0.3, -0.25) is 0 Å². The first kappa shape index (κ1) is 20.5. The van der Waals surface area contributed by atoms with Gasteiger partial charge in [-0.15, -0.1) is 0 Å². The fourth-order valence-corrected chi connectivity index (χ4v) is 5.14. The highest BCUT2D eigenvalue weighted by atomic mass is 15.3. The molecule has 0 bridgehead atoms. The number of hydrogen-bond donors (Lipinski definition) is 3. The molecule has 33 heavy (non-hydrogen) atoms. The molecule has 2 fully saturated rings. The number of rotatable bonds is 4. The molecule has 0 saturated carbocycles. The van der Waals surface area contributed by atoms with E-state index in [4.69, 9.17) is 15.1 Å². The lowest BCUT2D eigenvalue weighted by atomic mass is 10.1. The number of aromatic nitrogens is 3. The van der Waals surface area contributed by atoms with E-state index in [0.29, 0.717) is 6.04 Å². The van der Waals surface area contributed by atoms with Gasteiger partial charge >= 0.3 is 0 Å². The topological polar surface area (TPSA) is 81.9 Å². The maximum atomic E-state index is 5.01. The number of anilines is 3. The number of hydrogen-bond acceptors (Lipinski definition) is 7. The minimum Gasteiger partial charge on any atom is -0.375 e. The minimum absolute atomic E-state index is 0.0731. The van der Waals surface area contributed by atoms with Gasteiger partial charge in [-0.1, -0.05) is 6.07 Å². The zero-order valence-corrected chi connectivity index (χ0v) is 19.4. The number of benzene rings is 1. The van der Waals surface area contributed by atoms with Crippen LogP contribution in [0.15, 0.2) is 35.3 Å². The van der Waals surface area contributed by atoms with E-state index in [1.807, 2.05) is 4.52 Å². The van der Waals surface area contributed by atoms with Crippen molar-refractivity contribution in [2.45, 2.75) is 51.6 Å². The van der Waals surface area contributed by atoms with E-state index in [1.165, 1.54) is 18.4 Å². The van der Waals surface area contributed by atoms with Crippen LogP contribution in [0.2, 0.25) is 0 Å². The van der Waals surface area contributed by atoms with Gasteiger partial charge in [0.1, 0.15) is 17.3 Å². The summed E-state index contributed by atoms with van der Waals surface area (Å²) in [5.41, 5.74) is 5.95. The smallest absolute Gasteiger partial charge is 0.160 e. The molecule has 0 spiro atoms. The molecule has 2 aromatic heterocycles. The lowest BCUT2D eigenvalue weighted by molar-refractivity contribution is 0.477. The van der Waals surface area contributed by atoms with Gasteiger partial charge < -0.3 is 20.9 Å². The molecule has 6 rings (SSSR count). The molecule has 3 aliphatic heterocycles. The summed E-state index contributed by atoms with van der Waals surface area (Å²) >= 11 is 0. The second-order valence-electron chi connectivity index (χ2n) is 9.55. The third kappa shape index (κ3) is 3.93. The Morgan fingerprint density at radius 3 is 2.70 bits per heavy atom. The van der Waals surface area contributed by atoms with Gasteiger partial charge in [0.25, 0.3) is 0 Å². The van der Waals surface area contributed by atoms with Gasteiger partial charge in [0, 0.05) is 31.3 Å². The standard InChI is InChI=1S/C25H32N8/c1-16-5-6-19-20(13-16)29-25(17(2)27-19)21-14-23-30-22(32-11-3-4-12-32)15-24(33(23)31-21)28-18-7-9-26-10-8-18/h5-6,13-15,17-18,26-28H,3-4,7-12H2,1-2H3. The summed E-state index contributed by atoms with van der Waals surface area (Å²) in [5.74, 6) is 2.06. The van der Waals surface area contributed by atoms with Crippen LogP contribution in [-0.4, -0.2) is 58.6 Å². The highest BCUT2D eigenvalue weighted by molar-refractivity contribution is 6.08. The molecule has 172 valence electrons. The molecule has 2 saturated heterocycles. The summed E-state index contributed by atoms with van der Waals surface area (Å²) in [6.45, 7) is 8.48. The predicted octanol–water partition coefficient (Wildman–Crippen LogP) is 3.74. The van der Waals surface area contributed by atoms with Crippen molar-refractivity contribution < 1.29 is 0 Å². The minimum atomic E-state index is 0.0731. The summed E-state index contributed by atoms with van der Waals surface area (Å²) < 4.78 is 1.97. The molecule has 1 atom stereocenters. The van der Waals surface area contributed by atoms with Crippen molar-refractivity contribution in [2.24, 2.45) is 4.99 Å². The Morgan fingerprint density at radius 1 is 1.06 bits per heavy atom. The number of fused-ring (bicyclic) bond motifs is 2. The van der Waals surface area contributed by atoms with E-state index in [0.717, 1.165) is 79.1 Å². The summed E-state index contributed by atoms with van der Waals surface area (Å²) in [7, 11) is 0. The number of nitrogens with zero attached hydrogens (tertiary/aromatic N) is 5. The lowest BCUT2D eigenvalue weighted by Crippen LogP contribution is -2.36. The van der Waals surface area contributed by atoms with Crippen molar-refractivity contribution >= 4 is 34.4 Å². The van der Waals surface area contributed by atoms with Crippen molar-refractivity contribution in [1.82, 2.24) is 19.9 Å². The highest BCUT2D eigenvalue weighted by Gasteiger charge is 2.25. The first-order valence-corrected chi connectivity index (χ1v) is 12.2. The fourth-order valence-electron chi connectivity index (χ4n) is 5.14. The van der Waals surface area contributed by atoms with Gasteiger partial charge in [0.2, 0.25) is 0 Å². The van der Waals surface area contributed by atoms with Crippen LogP contribution < -0.4 is 20.9 Å². The Morgan fingerprint density at radius 2 is 1.88 bits per heavy atom. The summed E-state index contributed by atoms with van der Waals surface area (Å²) in [6, 6.07) is 11.1. The van der Waals surface area contributed by atoms with Crippen LogP contribution in [0.25, 0.3) is 5.65 Å². The molecule has 8 nitrogen and oxygen atoms in total. The number of nitrogens with one attached hydrogen (secondary N) is 3. The van der Waals surface area contributed by atoms with E-state index in [-0.39, 0.29) is 6.04 Å². The average molecular weight is 445 g/mol. The van der Waals surface area contributed by atoms with Gasteiger partial charge in [-0.25, -0.2) is 9.98 Å². The molecule has 3 N–H and O–H groups in total. The van der Waals surface area contributed by atoms with E-state index in [2.05, 4.69) is 65.0 Å². The van der Waals surface area contributed by atoms with Crippen LogP contribution in [0, 0.1) is 6.92 Å². The van der Waals surface area contributed by atoms with Crippen LogP contribution in [-0.2, 0) is 0 Å². The molecule has 1 unspecified atom stereocenters. The van der Waals surface area contributed by atoms with Crippen molar-refractivity contribution in [1.29, 1.82) is 0 Å². The summed E-state index contributed by atoms with van der Waals surface area (Å²) in [4.78, 5) is 12.4. The Balaban J connectivity index is 1.42. The zero-order chi connectivity index (χ0) is 22.4. The third-order valence-corrected chi connectivity index (χ3v) is 6.97. The maximum Gasteiger partial charge on any atom is 0.160 e. The predicted molar refractivity (Wildman–Crippen MR) is 134 cm³/mol. The SMILES string of the molecule is Cc1ccc2c(c1)N=C(c1cc3nc(N4CCCC4)cc(NC4CCNCC4)n3n1)C(C)N2. The molecule has 3 aromatic rings. The number of aliphatic imine (C=N–C) groups is 1. The quantitative estimate of drug-likeness (QED) is 0.569. The van der Waals surface area contributed by atoms with Crippen LogP contribution in [0.3, 0.4) is 0 Å². The van der Waals surface area contributed by atoms with E-state index >= 15 is 0 Å². The largest absolute Gasteiger partial charge is 0.375 e. The normalized spacial score (nSPS) is 21.1. The second-order valence-corrected chi connectivity index (χ2v) is 9.55.